The predicted molar refractivity (Wildman–Crippen MR) is 98.4 cm³/mol. The molecule has 7 heteroatoms. The Balaban J connectivity index is 1.95. The average Bonchev–Trinajstić information content (AvgIpc) is 2.93. The molecule has 0 aliphatic carbocycles. The van der Waals surface area contributed by atoms with Gasteiger partial charge < -0.3 is 10.6 Å². The van der Waals surface area contributed by atoms with Gasteiger partial charge in [0.05, 0.1) is 11.6 Å². The third kappa shape index (κ3) is 3.75. The third-order valence-corrected chi connectivity index (χ3v) is 4.86. The first-order chi connectivity index (χ1) is 11.8. The summed E-state index contributed by atoms with van der Waals surface area (Å²) in [5.41, 5.74) is 6.06. The highest BCUT2D eigenvalue weighted by Crippen LogP contribution is 2.31. The number of aromatic nitrogens is 4. The Kier molecular flexibility index (Phi) is 4.67. The maximum absolute atomic E-state index is 11.1. The number of nitrogens with two attached hydrogens (primary N) is 1. The van der Waals surface area contributed by atoms with Crippen LogP contribution < -0.4 is 10.6 Å². The smallest absolute Gasteiger partial charge is 0.217 e. The number of primary amides is 1. The van der Waals surface area contributed by atoms with Gasteiger partial charge in [0.15, 0.2) is 5.65 Å². The van der Waals surface area contributed by atoms with Crippen molar-refractivity contribution in [1.82, 2.24) is 19.7 Å². The summed E-state index contributed by atoms with van der Waals surface area (Å²) in [6.07, 6.45) is 5.39. The van der Waals surface area contributed by atoms with Crippen LogP contribution >= 0.6 is 0 Å². The van der Waals surface area contributed by atoms with Gasteiger partial charge in [-0.3, -0.25) is 9.48 Å². The quantitative estimate of drug-likeness (QED) is 0.918. The molecule has 1 aliphatic rings. The molecule has 0 unspecified atom stereocenters. The van der Waals surface area contributed by atoms with Gasteiger partial charge in [-0.2, -0.15) is 5.10 Å². The lowest BCUT2D eigenvalue weighted by Crippen LogP contribution is -2.37. The van der Waals surface area contributed by atoms with Crippen molar-refractivity contribution in [3.63, 3.8) is 0 Å². The first-order valence-corrected chi connectivity index (χ1v) is 8.99. The van der Waals surface area contributed by atoms with E-state index in [-0.39, 0.29) is 11.3 Å². The van der Waals surface area contributed by atoms with Crippen molar-refractivity contribution in [3.8, 4) is 0 Å². The molecule has 0 saturated carbocycles. The van der Waals surface area contributed by atoms with Crippen molar-refractivity contribution in [2.24, 2.45) is 18.7 Å². The van der Waals surface area contributed by atoms with Crippen LogP contribution in [0.15, 0.2) is 6.20 Å². The summed E-state index contributed by atoms with van der Waals surface area (Å²) in [4.78, 5) is 23.1. The number of amides is 1. The van der Waals surface area contributed by atoms with E-state index in [9.17, 15) is 4.79 Å². The summed E-state index contributed by atoms with van der Waals surface area (Å²) >= 11 is 0. The monoisotopic (exact) mass is 344 g/mol. The number of carbonyl (C=O) groups excluding carboxylic acids is 1. The molecule has 2 aromatic heterocycles. The number of hydrogen-bond donors (Lipinski definition) is 1. The molecule has 1 saturated heterocycles. The number of hydrogen-bond acceptors (Lipinski definition) is 5. The van der Waals surface area contributed by atoms with Crippen molar-refractivity contribution in [3.05, 3.63) is 12.0 Å². The fraction of sp³-hybridized carbons (Fsp3) is 0.667. The maximum atomic E-state index is 11.1. The zero-order valence-corrected chi connectivity index (χ0v) is 15.6. The van der Waals surface area contributed by atoms with Gasteiger partial charge in [-0.05, 0) is 25.2 Å². The second-order valence-corrected chi connectivity index (χ2v) is 8.09. The van der Waals surface area contributed by atoms with E-state index in [1.54, 1.807) is 0 Å². The maximum Gasteiger partial charge on any atom is 0.217 e. The summed E-state index contributed by atoms with van der Waals surface area (Å²) in [6.45, 7) is 8.25. The molecule has 25 heavy (non-hydrogen) atoms. The van der Waals surface area contributed by atoms with Crippen molar-refractivity contribution in [1.29, 1.82) is 0 Å². The molecule has 0 bridgehead atoms. The molecule has 1 atom stereocenters. The minimum atomic E-state index is -0.219. The van der Waals surface area contributed by atoms with E-state index in [4.69, 9.17) is 15.7 Å². The lowest BCUT2D eigenvalue weighted by Gasteiger charge is -2.34. The third-order valence-electron chi connectivity index (χ3n) is 4.86. The topological polar surface area (TPSA) is 89.9 Å². The molecule has 2 N–H and O–H groups in total. The highest BCUT2D eigenvalue weighted by molar-refractivity contribution is 5.87. The van der Waals surface area contributed by atoms with Gasteiger partial charge in [-0.1, -0.05) is 20.8 Å². The normalized spacial score (nSPS) is 18.7. The molecular weight excluding hydrogens is 316 g/mol. The van der Waals surface area contributed by atoms with Crippen LogP contribution in [0.5, 0.6) is 0 Å². The van der Waals surface area contributed by atoms with Crippen LogP contribution in [0, 0.1) is 5.92 Å². The molecule has 1 aliphatic heterocycles. The first-order valence-electron chi connectivity index (χ1n) is 8.99. The summed E-state index contributed by atoms with van der Waals surface area (Å²) in [7, 11) is 1.91. The highest BCUT2D eigenvalue weighted by Gasteiger charge is 2.27. The van der Waals surface area contributed by atoms with E-state index in [0.29, 0.717) is 12.3 Å². The van der Waals surface area contributed by atoms with E-state index < -0.39 is 0 Å². The molecule has 1 fully saturated rings. The Morgan fingerprint density at radius 2 is 2.12 bits per heavy atom. The van der Waals surface area contributed by atoms with Crippen LogP contribution in [0.3, 0.4) is 0 Å². The largest absolute Gasteiger partial charge is 0.370 e. The number of fused-ring (bicyclic) bond motifs is 1. The van der Waals surface area contributed by atoms with Gasteiger partial charge in [0, 0.05) is 32.0 Å². The Bertz CT molecular complexity index is 776. The van der Waals surface area contributed by atoms with E-state index in [1.165, 1.54) is 0 Å². The van der Waals surface area contributed by atoms with Crippen LogP contribution in [0.1, 0.15) is 52.3 Å². The van der Waals surface area contributed by atoms with Gasteiger partial charge in [0.25, 0.3) is 0 Å². The standard InChI is InChI=1S/C18H28N6O/c1-18(2,3)17-21-15-13(10-20-23(15)4)16(22-17)24-9-5-6-12(11-24)7-8-14(19)25/h10,12H,5-9,11H2,1-4H3,(H2,19,25)/t12-/m1/s1. The molecule has 7 nitrogen and oxygen atoms in total. The number of rotatable bonds is 4. The lowest BCUT2D eigenvalue weighted by atomic mass is 9.93. The van der Waals surface area contributed by atoms with Gasteiger partial charge in [0.2, 0.25) is 5.91 Å². The van der Waals surface area contributed by atoms with Gasteiger partial charge in [-0.25, -0.2) is 9.97 Å². The fourth-order valence-electron chi connectivity index (χ4n) is 3.42. The Morgan fingerprint density at radius 3 is 2.80 bits per heavy atom. The summed E-state index contributed by atoms with van der Waals surface area (Å²) in [5, 5.41) is 5.37. The molecular formula is C18H28N6O. The van der Waals surface area contributed by atoms with Crippen molar-refractivity contribution in [2.75, 3.05) is 18.0 Å². The summed E-state index contributed by atoms with van der Waals surface area (Å²) in [5.74, 6) is 2.05. The Morgan fingerprint density at radius 1 is 1.36 bits per heavy atom. The fourth-order valence-corrected chi connectivity index (χ4v) is 3.42. The van der Waals surface area contributed by atoms with Crippen molar-refractivity contribution < 1.29 is 4.79 Å². The second kappa shape index (κ2) is 6.61. The number of aryl methyl sites for hydroxylation is 1. The molecule has 0 aromatic carbocycles. The predicted octanol–water partition coefficient (Wildman–Crippen LogP) is 2.14. The van der Waals surface area contributed by atoms with Gasteiger partial charge in [-0.15, -0.1) is 0 Å². The number of piperidine rings is 1. The van der Waals surface area contributed by atoms with Crippen LogP contribution in [0.25, 0.3) is 11.0 Å². The lowest BCUT2D eigenvalue weighted by molar-refractivity contribution is -0.118. The van der Waals surface area contributed by atoms with E-state index >= 15 is 0 Å². The molecule has 136 valence electrons. The zero-order valence-electron chi connectivity index (χ0n) is 15.6. The first kappa shape index (κ1) is 17.6. The molecule has 0 spiro atoms. The molecule has 3 heterocycles. The van der Waals surface area contributed by atoms with E-state index in [2.05, 4.69) is 30.8 Å². The van der Waals surface area contributed by atoms with Crippen LogP contribution in [0.4, 0.5) is 5.82 Å². The molecule has 0 radical (unpaired) electrons. The van der Waals surface area contributed by atoms with Crippen LogP contribution in [0.2, 0.25) is 0 Å². The number of nitrogens with zero attached hydrogens (tertiary/aromatic N) is 5. The summed E-state index contributed by atoms with van der Waals surface area (Å²) < 4.78 is 1.81. The van der Waals surface area contributed by atoms with Crippen molar-refractivity contribution in [2.45, 2.75) is 51.9 Å². The molecule has 1 amide bonds. The zero-order chi connectivity index (χ0) is 18.2. The minimum absolute atomic E-state index is 0.131. The number of carbonyl (C=O) groups is 1. The van der Waals surface area contributed by atoms with Crippen LogP contribution in [-0.2, 0) is 17.3 Å². The van der Waals surface area contributed by atoms with Gasteiger partial charge >= 0.3 is 0 Å². The van der Waals surface area contributed by atoms with E-state index in [1.807, 2.05) is 17.9 Å². The average molecular weight is 344 g/mol. The molecule has 3 rings (SSSR count). The van der Waals surface area contributed by atoms with Crippen LogP contribution in [-0.4, -0.2) is 38.7 Å². The van der Waals surface area contributed by atoms with E-state index in [0.717, 1.165) is 55.0 Å². The summed E-state index contributed by atoms with van der Waals surface area (Å²) in [6, 6.07) is 0. The Labute approximate surface area is 148 Å². The van der Waals surface area contributed by atoms with Crippen molar-refractivity contribution >= 4 is 22.8 Å². The second-order valence-electron chi connectivity index (χ2n) is 8.09. The Hall–Kier alpha value is -2.18. The number of anilines is 1. The SMILES string of the molecule is Cn1ncc2c(N3CCC[C@H](CCC(N)=O)C3)nc(C(C)(C)C)nc21. The molecule has 2 aromatic rings. The van der Waals surface area contributed by atoms with Gasteiger partial charge in [0.1, 0.15) is 11.6 Å². The minimum Gasteiger partial charge on any atom is -0.370 e. The highest BCUT2D eigenvalue weighted by atomic mass is 16.1.